The van der Waals surface area contributed by atoms with Crippen LogP contribution < -0.4 is 5.32 Å². The fourth-order valence-electron chi connectivity index (χ4n) is 1.80. The molecule has 0 amide bonds. The third kappa shape index (κ3) is 2.76. The molecule has 19 heavy (non-hydrogen) atoms. The summed E-state index contributed by atoms with van der Waals surface area (Å²) in [6.07, 6.45) is 0. The molecule has 3 rings (SSSR count). The van der Waals surface area contributed by atoms with Gasteiger partial charge in [0.15, 0.2) is 5.13 Å². The van der Waals surface area contributed by atoms with E-state index in [1.54, 1.807) is 11.3 Å². The van der Waals surface area contributed by atoms with Crippen LogP contribution in [0.1, 0.15) is 5.56 Å². The summed E-state index contributed by atoms with van der Waals surface area (Å²) in [7, 11) is 0. The van der Waals surface area contributed by atoms with Crippen molar-refractivity contribution in [2.45, 2.75) is 6.92 Å². The van der Waals surface area contributed by atoms with E-state index in [9.17, 15) is 0 Å². The lowest BCUT2D eigenvalue weighted by Crippen LogP contribution is -1.92. The minimum Gasteiger partial charge on any atom is -0.331 e. The fourth-order valence-corrected chi connectivity index (χ4v) is 3.18. The van der Waals surface area contributed by atoms with Gasteiger partial charge in [-0.05, 0) is 42.8 Å². The Hall–Kier alpha value is -1.10. The van der Waals surface area contributed by atoms with Crippen LogP contribution in [0.5, 0.6) is 0 Å². The average molecular weight is 354 g/mol. The number of anilines is 2. The van der Waals surface area contributed by atoms with E-state index in [1.807, 2.05) is 30.3 Å². The third-order valence-electron chi connectivity index (χ3n) is 2.79. The van der Waals surface area contributed by atoms with Crippen molar-refractivity contribution < 1.29 is 0 Å². The summed E-state index contributed by atoms with van der Waals surface area (Å²) in [5.41, 5.74) is 3.16. The molecule has 1 heterocycles. The molecule has 0 fully saturated rings. The van der Waals surface area contributed by atoms with Crippen molar-refractivity contribution >= 4 is 59.9 Å². The summed E-state index contributed by atoms with van der Waals surface area (Å²) in [6.45, 7) is 2.07. The number of hydrogen-bond donors (Lipinski definition) is 1. The number of rotatable bonds is 2. The zero-order valence-electron chi connectivity index (χ0n) is 10.1. The summed E-state index contributed by atoms with van der Waals surface area (Å²) in [5, 5.41) is 4.94. The smallest absolute Gasteiger partial charge is 0.188 e. The molecule has 3 aromatic rings. The highest BCUT2D eigenvalue weighted by atomic mass is 79.9. The van der Waals surface area contributed by atoms with Crippen molar-refractivity contribution in [2.24, 2.45) is 0 Å². The van der Waals surface area contributed by atoms with Gasteiger partial charge in [0.25, 0.3) is 0 Å². The topological polar surface area (TPSA) is 24.9 Å². The molecule has 0 aliphatic rings. The molecule has 0 bridgehead atoms. The first kappa shape index (κ1) is 12.9. The second-order valence-corrected chi connectivity index (χ2v) is 6.60. The van der Waals surface area contributed by atoms with Crippen LogP contribution in [0.4, 0.5) is 10.8 Å². The molecule has 0 aliphatic carbocycles. The third-order valence-corrected chi connectivity index (χ3v) is 4.47. The molecule has 0 radical (unpaired) electrons. The van der Waals surface area contributed by atoms with Crippen LogP contribution in [0.2, 0.25) is 5.02 Å². The number of nitrogens with one attached hydrogen (secondary N) is 1. The Labute approximate surface area is 128 Å². The highest BCUT2D eigenvalue weighted by molar-refractivity contribution is 9.10. The molecule has 1 N–H and O–H groups in total. The van der Waals surface area contributed by atoms with Crippen molar-refractivity contribution in [3.63, 3.8) is 0 Å². The van der Waals surface area contributed by atoms with Gasteiger partial charge < -0.3 is 5.32 Å². The standard InChI is InChI=1S/C14H10BrClN2S/c1-8-2-3-9(15)6-11(8)17-14-18-12-7-10(16)4-5-13(12)19-14/h2-7H,1H3,(H,17,18). The summed E-state index contributed by atoms with van der Waals surface area (Å²) in [5.74, 6) is 0. The molecular formula is C14H10BrClN2S. The second-order valence-electron chi connectivity index (χ2n) is 4.22. The Morgan fingerprint density at radius 3 is 2.89 bits per heavy atom. The number of aromatic nitrogens is 1. The van der Waals surface area contributed by atoms with Crippen molar-refractivity contribution in [1.29, 1.82) is 0 Å². The molecule has 0 saturated heterocycles. The van der Waals surface area contributed by atoms with Gasteiger partial charge in [0, 0.05) is 15.2 Å². The van der Waals surface area contributed by atoms with E-state index < -0.39 is 0 Å². The van der Waals surface area contributed by atoms with Crippen LogP contribution in [0.15, 0.2) is 40.9 Å². The van der Waals surface area contributed by atoms with Gasteiger partial charge in [-0.1, -0.05) is 44.9 Å². The first-order chi connectivity index (χ1) is 9.11. The molecule has 0 aliphatic heterocycles. The predicted molar refractivity (Wildman–Crippen MR) is 86.8 cm³/mol. The number of thiazole rings is 1. The zero-order chi connectivity index (χ0) is 13.4. The number of aryl methyl sites for hydroxylation is 1. The van der Waals surface area contributed by atoms with Crippen LogP contribution in [0, 0.1) is 6.92 Å². The molecule has 0 unspecified atom stereocenters. The van der Waals surface area contributed by atoms with E-state index >= 15 is 0 Å². The Morgan fingerprint density at radius 2 is 2.05 bits per heavy atom. The Bertz CT molecular complexity index is 754. The number of nitrogens with zero attached hydrogens (tertiary/aromatic N) is 1. The number of hydrogen-bond acceptors (Lipinski definition) is 3. The maximum absolute atomic E-state index is 5.97. The Kier molecular flexibility index (Phi) is 3.48. The molecular weight excluding hydrogens is 344 g/mol. The van der Waals surface area contributed by atoms with Gasteiger partial charge >= 0.3 is 0 Å². The molecule has 5 heteroatoms. The monoisotopic (exact) mass is 352 g/mol. The van der Waals surface area contributed by atoms with Crippen molar-refractivity contribution in [1.82, 2.24) is 4.98 Å². The van der Waals surface area contributed by atoms with Gasteiger partial charge in [-0.15, -0.1) is 0 Å². The van der Waals surface area contributed by atoms with E-state index in [-0.39, 0.29) is 0 Å². The van der Waals surface area contributed by atoms with Crippen molar-refractivity contribution in [2.75, 3.05) is 5.32 Å². The summed E-state index contributed by atoms with van der Waals surface area (Å²) in [4.78, 5) is 4.55. The SMILES string of the molecule is Cc1ccc(Br)cc1Nc1nc2cc(Cl)ccc2s1. The quantitative estimate of drug-likeness (QED) is 0.633. The summed E-state index contributed by atoms with van der Waals surface area (Å²) < 4.78 is 2.17. The van der Waals surface area contributed by atoms with Gasteiger partial charge in [0.1, 0.15) is 0 Å². The largest absolute Gasteiger partial charge is 0.331 e. The summed E-state index contributed by atoms with van der Waals surface area (Å²) in [6, 6.07) is 11.9. The maximum atomic E-state index is 5.97. The zero-order valence-corrected chi connectivity index (χ0v) is 13.2. The molecule has 0 spiro atoms. The number of benzene rings is 2. The van der Waals surface area contributed by atoms with Crippen LogP contribution in [-0.2, 0) is 0 Å². The van der Waals surface area contributed by atoms with E-state index in [4.69, 9.17) is 11.6 Å². The van der Waals surface area contributed by atoms with Gasteiger partial charge in [0.05, 0.1) is 10.2 Å². The Morgan fingerprint density at radius 1 is 1.21 bits per heavy atom. The van der Waals surface area contributed by atoms with Gasteiger partial charge in [-0.3, -0.25) is 0 Å². The normalized spacial score (nSPS) is 10.9. The molecule has 0 atom stereocenters. The van der Waals surface area contributed by atoms with Crippen LogP contribution in [0.3, 0.4) is 0 Å². The van der Waals surface area contributed by atoms with Gasteiger partial charge in [-0.2, -0.15) is 0 Å². The average Bonchev–Trinajstić information content (AvgIpc) is 2.75. The second kappa shape index (κ2) is 5.12. The van der Waals surface area contributed by atoms with E-state index in [0.717, 1.165) is 25.5 Å². The van der Waals surface area contributed by atoms with Crippen LogP contribution >= 0.6 is 38.9 Å². The first-order valence-electron chi connectivity index (χ1n) is 5.71. The lowest BCUT2D eigenvalue weighted by Gasteiger charge is -2.06. The first-order valence-corrected chi connectivity index (χ1v) is 7.70. The molecule has 2 nitrogen and oxygen atoms in total. The molecule has 0 saturated carbocycles. The fraction of sp³-hybridized carbons (Fsp3) is 0.0714. The Balaban J connectivity index is 1.98. The highest BCUT2D eigenvalue weighted by Crippen LogP contribution is 2.31. The van der Waals surface area contributed by atoms with Crippen molar-refractivity contribution in [3.05, 3.63) is 51.5 Å². The predicted octanol–water partition coefficient (Wildman–Crippen LogP) is 5.76. The highest BCUT2D eigenvalue weighted by Gasteiger charge is 2.06. The summed E-state index contributed by atoms with van der Waals surface area (Å²) >= 11 is 11.1. The number of fused-ring (bicyclic) bond motifs is 1. The van der Waals surface area contributed by atoms with E-state index in [2.05, 4.69) is 39.2 Å². The van der Waals surface area contributed by atoms with E-state index in [1.165, 1.54) is 5.56 Å². The minimum atomic E-state index is 0.711. The van der Waals surface area contributed by atoms with Crippen LogP contribution in [-0.4, -0.2) is 4.98 Å². The molecule has 1 aromatic heterocycles. The van der Waals surface area contributed by atoms with Crippen molar-refractivity contribution in [3.8, 4) is 0 Å². The lowest BCUT2D eigenvalue weighted by atomic mass is 10.2. The minimum absolute atomic E-state index is 0.711. The van der Waals surface area contributed by atoms with E-state index in [0.29, 0.717) is 5.02 Å². The molecule has 2 aromatic carbocycles. The maximum Gasteiger partial charge on any atom is 0.188 e. The lowest BCUT2D eigenvalue weighted by molar-refractivity contribution is 1.39. The van der Waals surface area contributed by atoms with Crippen LogP contribution in [0.25, 0.3) is 10.2 Å². The number of halogens is 2. The molecule has 96 valence electrons. The van der Waals surface area contributed by atoms with Gasteiger partial charge in [-0.25, -0.2) is 4.98 Å². The van der Waals surface area contributed by atoms with Gasteiger partial charge in [0.2, 0.25) is 0 Å².